The minimum atomic E-state index is 0.634. The third-order valence-electron chi connectivity index (χ3n) is 2.87. The van der Waals surface area contributed by atoms with Crippen LogP contribution in [0.3, 0.4) is 0 Å². The van der Waals surface area contributed by atoms with Crippen LogP contribution in [0.2, 0.25) is 0 Å². The lowest BCUT2D eigenvalue weighted by molar-refractivity contribution is 0.185. The van der Waals surface area contributed by atoms with E-state index in [4.69, 9.17) is 9.47 Å². The summed E-state index contributed by atoms with van der Waals surface area (Å²) < 4.78 is 10.3. The van der Waals surface area contributed by atoms with Gasteiger partial charge >= 0.3 is 0 Å². The van der Waals surface area contributed by atoms with E-state index in [9.17, 15) is 0 Å². The quantitative estimate of drug-likeness (QED) is 0.859. The maximum atomic E-state index is 5.21. The molecule has 2 aromatic carbocycles. The first-order chi connectivity index (χ1) is 9.31. The van der Waals surface area contributed by atoms with Crippen LogP contribution in [0.4, 0.5) is 5.69 Å². The summed E-state index contributed by atoms with van der Waals surface area (Å²) in [6.45, 7) is 1.41. The summed E-state index contributed by atoms with van der Waals surface area (Å²) in [6, 6.07) is 16.3. The highest BCUT2D eigenvalue weighted by atomic mass is 16.5. The van der Waals surface area contributed by atoms with Gasteiger partial charge in [0.15, 0.2) is 0 Å². The SMILES string of the molecule is COCc1cccc(NCc2cccc(OC)c2)c1. The summed E-state index contributed by atoms with van der Waals surface area (Å²) >= 11 is 0. The van der Waals surface area contributed by atoms with Crippen molar-refractivity contribution in [3.63, 3.8) is 0 Å². The topological polar surface area (TPSA) is 30.5 Å². The van der Waals surface area contributed by atoms with Crippen LogP contribution in [-0.2, 0) is 17.9 Å². The van der Waals surface area contributed by atoms with Gasteiger partial charge in [-0.05, 0) is 35.4 Å². The van der Waals surface area contributed by atoms with Crippen molar-refractivity contribution in [2.45, 2.75) is 13.2 Å². The van der Waals surface area contributed by atoms with Crippen LogP contribution in [-0.4, -0.2) is 14.2 Å². The van der Waals surface area contributed by atoms with Crippen molar-refractivity contribution in [2.24, 2.45) is 0 Å². The van der Waals surface area contributed by atoms with Crippen LogP contribution in [0.1, 0.15) is 11.1 Å². The molecule has 0 aromatic heterocycles. The number of rotatable bonds is 6. The van der Waals surface area contributed by atoms with Gasteiger partial charge in [0.2, 0.25) is 0 Å². The molecule has 0 saturated carbocycles. The average Bonchev–Trinajstić information content (AvgIpc) is 2.46. The lowest BCUT2D eigenvalue weighted by atomic mass is 10.2. The number of methoxy groups -OCH3 is 2. The van der Waals surface area contributed by atoms with Gasteiger partial charge in [-0.1, -0.05) is 24.3 Å². The van der Waals surface area contributed by atoms with Crippen molar-refractivity contribution < 1.29 is 9.47 Å². The zero-order valence-corrected chi connectivity index (χ0v) is 11.3. The van der Waals surface area contributed by atoms with E-state index in [2.05, 4.69) is 29.6 Å². The molecule has 3 nitrogen and oxygen atoms in total. The molecule has 0 saturated heterocycles. The van der Waals surface area contributed by atoms with E-state index >= 15 is 0 Å². The van der Waals surface area contributed by atoms with Gasteiger partial charge in [-0.15, -0.1) is 0 Å². The van der Waals surface area contributed by atoms with Gasteiger partial charge in [0, 0.05) is 19.3 Å². The Hall–Kier alpha value is -2.00. The summed E-state index contributed by atoms with van der Waals surface area (Å²) in [4.78, 5) is 0. The van der Waals surface area contributed by atoms with Gasteiger partial charge in [-0.2, -0.15) is 0 Å². The predicted molar refractivity (Wildman–Crippen MR) is 77.5 cm³/mol. The monoisotopic (exact) mass is 257 g/mol. The van der Waals surface area contributed by atoms with Crippen LogP contribution in [0.15, 0.2) is 48.5 Å². The maximum Gasteiger partial charge on any atom is 0.119 e. The molecule has 2 aromatic rings. The number of ether oxygens (including phenoxy) is 2. The fourth-order valence-corrected chi connectivity index (χ4v) is 1.92. The van der Waals surface area contributed by atoms with Crippen molar-refractivity contribution in [2.75, 3.05) is 19.5 Å². The highest BCUT2D eigenvalue weighted by Gasteiger charge is 1.98. The zero-order valence-electron chi connectivity index (χ0n) is 11.3. The van der Waals surface area contributed by atoms with Crippen molar-refractivity contribution in [1.29, 1.82) is 0 Å². The Kier molecular flexibility index (Phi) is 4.81. The molecule has 100 valence electrons. The Morgan fingerprint density at radius 2 is 1.74 bits per heavy atom. The Morgan fingerprint density at radius 1 is 0.947 bits per heavy atom. The lowest BCUT2D eigenvalue weighted by Gasteiger charge is -2.09. The van der Waals surface area contributed by atoms with Gasteiger partial charge in [0.25, 0.3) is 0 Å². The number of anilines is 1. The Bertz CT molecular complexity index is 526. The second-order valence-corrected chi connectivity index (χ2v) is 4.34. The maximum absolute atomic E-state index is 5.21. The molecule has 0 amide bonds. The van der Waals surface area contributed by atoms with E-state index in [1.54, 1.807) is 14.2 Å². The molecule has 0 spiro atoms. The fourth-order valence-electron chi connectivity index (χ4n) is 1.92. The highest BCUT2D eigenvalue weighted by molar-refractivity contribution is 5.46. The minimum Gasteiger partial charge on any atom is -0.497 e. The molecule has 0 fully saturated rings. The van der Waals surface area contributed by atoms with Gasteiger partial charge in [0.05, 0.1) is 13.7 Å². The van der Waals surface area contributed by atoms with Crippen LogP contribution in [0.25, 0.3) is 0 Å². The highest BCUT2D eigenvalue weighted by Crippen LogP contribution is 2.16. The summed E-state index contributed by atoms with van der Waals surface area (Å²) in [5.74, 6) is 0.882. The zero-order chi connectivity index (χ0) is 13.5. The standard InChI is InChI=1S/C16H19NO2/c1-18-12-14-6-3-7-15(9-14)17-11-13-5-4-8-16(10-13)19-2/h3-10,17H,11-12H2,1-2H3. The van der Waals surface area contributed by atoms with E-state index in [-0.39, 0.29) is 0 Å². The molecule has 0 aliphatic rings. The summed E-state index contributed by atoms with van der Waals surface area (Å²) in [6.07, 6.45) is 0. The molecular weight excluding hydrogens is 238 g/mol. The van der Waals surface area contributed by atoms with Crippen molar-refractivity contribution in [3.8, 4) is 5.75 Å². The largest absolute Gasteiger partial charge is 0.497 e. The molecule has 0 aliphatic heterocycles. The van der Waals surface area contributed by atoms with E-state index in [0.29, 0.717) is 6.61 Å². The van der Waals surface area contributed by atoms with Crippen LogP contribution >= 0.6 is 0 Å². The molecule has 1 N–H and O–H groups in total. The number of hydrogen-bond acceptors (Lipinski definition) is 3. The summed E-state index contributed by atoms with van der Waals surface area (Å²) in [7, 11) is 3.39. The third kappa shape index (κ3) is 4.00. The smallest absolute Gasteiger partial charge is 0.119 e. The molecule has 0 radical (unpaired) electrons. The third-order valence-corrected chi connectivity index (χ3v) is 2.87. The molecule has 2 rings (SSSR count). The van der Waals surface area contributed by atoms with E-state index in [1.807, 2.05) is 24.3 Å². The summed E-state index contributed by atoms with van der Waals surface area (Å²) in [5, 5.41) is 3.40. The molecule has 19 heavy (non-hydrogen) atoms. The van der Waals surface area contributed by atoms with E-state index in [1.165, 1.54) is 5.56 Å². The van der Waals surface area contributed by atoms with Crippen LogP contribution in [0.5, 0.6) is 5.75 Å². The van der Waals surface area contributed by atoms with E-state index < -0.39 is 0 Å². The Labute approximate surface area is 114 Å². The molecule has 0 atom stereocenters. The molecule has 0 heterocycles. The van der Waals surface area contributed by atoms with Gasteiger partial charge in [-0.25, -0.2) is 0 Å². The fraction of sp³-hybridized carbons (Fsp3) is 0.250. The first-order valence-electron chi connectivity index (χ1n) is 6.26. The Balaban J connectivity index is 1.99. The molecule has 0 bridgehead atoms. The minimum absolute atomic E-state index is 0.634. The van der Waals surface area contributed by atoms with Crippen LogP contribution < -0.4 is 10.1 Å². The Morgan fingerprint density at radius 3 is 2.53 bits per heavy atom. The normalized spacial score (nSPS) is 10.2. The molecule has 0 aliphatic carbocycles. The first kappa shape index (κ1) is 13.4. The second kappa shape index (κ2) is 6.81. The van der Waals surface area contributed by atoms with Gasteiger partial charge < -0.3 is 14.8 Å². The van der Waals surface area contributed by atoms with Gasteiger partial charge in [-0.3, -0.25) is 0 Å². The number of nitrogens with one attached hydrogen (secondary N) is 1. The van der Waals surface area contributed by atoms with Crippen molar-refractivity contribution in [3.05, 3.63) is 59.7 Å². The molecule has 3 heteroatoms. The number of benzene rings is 2. The number of hydrogen-bond donors (Lipinski definition) is 1. The molecular formula is C16H19NO2. The second-order valence-electron chi connectivity index (χ2n) is 4.34. The predicted octanol–water partition coefficient (Wildman–Crippen LogP) is 3.45. The summed E-state index contributed by atoms with van der Waals surface area (Å²) in [5.41, 5.74) is 3.45. The van der Waals surface area contributed by atoms with Crippen LogP contribution in [0, 0.1) is 0 Å². The average molecular weight is 257 g/mol. The first-order valence-corrected chi connectivity index (χ1v) is 6.26. The van der Waals surface area contributed by atoms with E-state index in [0.717, 1.165) is 23.5 Å². The van der Waals surface area contributed by atoms with Gasteiger partial charge in [0.1, 0.15) is 5.75 Å². The van der Waals surface area contributed by atoms with Crippen molar-refractivity contribution in [1.82, 2.24) is 0 Å². The van der Waals surface area contributed by atoms with Crippen molar-refractivity contribution >= 4 is 5.69 Å². The lowest BCUT2D eigenvalue weighted by Crippen LogP contribution is -2.00. The molecule has 0 unspecified atom stereocenters.